The Bertz CT molecular complexity index is 1680. The summed E-state index contributed by atoms with van der Waals surface area (Å²) in [5.74, 6) is 0.388. The van der Waals surface area contributed by atoms with Gasteiger partial charge in [0.25, 0.3) is 5.91 Å². The molecule has 216 valence electrons. The normalized spacial score (nSPS) is 18.1. The largest absolute Gasteiger partial charge is 0.416 e. The fourth-order valence-electron chi connectivity index (χ4n) is 6.35. The minimum absolute atomic E-state index is 0.0237. The maximum atomic E-state index is 14.4. The number of nitrogens with zero attached hydrogens (tertiary/aromatic N) is 6. The number of amides is 1. The number of benzene rings is 2. The molecule has 3 aliphatic heterocycles. The van der Waals surface area contributed by atoms with E-state index in [0.29, 0.717) is 44.0 Å². The lowest BCUT2D eigenvalue weighted by molar-refractivity contribution is -0.138. The number of anilines is 1. The molecule has 0 saturated carbocycles. The Morgan fingerprint density at radius 3 is 2.67 bits per heavy atom. The number of hydrogen-bond donors (Lipinski definition) is 0. The average Bonchev–Trinajstić information content (AvgIpc) is 3.51. The van der Waals surface area contributed by atoms with Crippen LogP contribution in [0.4, 0.5) is 18.9 Å². The summed E-state index contributed by atoms with van der Waals surface area (Å²) >= 11 is 0. The van der Waals surface area contributed by atoms with Crippen LogP contribution >= 0.6 is 0 Å². The molecule has 3 aliphatic rings. The Morgan fingerprint density at radius 1 is 1.07 bits per heavy atom. The van der Waals surface area contributed by atoms with Crippen LogP contribution in [0.2, 0.25) is 0 Å². The maximum absolute atomic E-state index is 14.4. The van der Waals surface area contributed by atoms with E-state index in [1.165, 1.54) is 16.5 Å². The van der Waals surface area contributed by atoms with Crippen LogP contribution in [0.3, 0.4) is 0 Å². The number of hydrogen-bond acceptors (Lipinski definition) is 6. The van der Waals surface area contributed by atoms with Crippen LogP contribution in [0.25, 0.3) is 0 Å². The van der Waals surface area contributed by atoms with Crippen LogP contribution in [0.15, 0.2) is 61.2 Å². The third-order valence-electron chi connectivity index (χ3n) is 8.74. The highest BCUT2D eigenvalue weighted by molar-refractivity contribution is 6.10. The molecule has 4 aromatic rings. The van der Waals surface area contributed by atoms with Crippen molar-refractivity contribution in [2.24, 2.45) is 7.05 Å². The molecule has 7 rings (SSSR count). The molecule has 5 heterocycles. The lowest BCUT2D eigenvalue weighted by Crippen LogP contribution is -2.49. The number of pyridine rings is 1. The van der Waals surface area contributed by atoms with Gasteiger partial charge in [-0.3, -0.25) is 14.7 Å². The number of carbonyl (C=O) groups excluding carboxylic acids is 1. The van der Waals surface area contributed by atoms with E-state index in [1.54, 1.807) is 24.7 Å². The van der Waals surface area contributed by atoms with Gasteiger partial charge in [0.2, 0.25) is 0 Å². The number of aromatic nitrogens is 4. The second kappa shape index (κ2) is 10.0. The summed E-state index contributed by atoms with van der Waals surface area (Å²) in [5, 5.41) is 8.20. The summed E-state index contributed by atoms with van der Waals surface area (Å²) in [5.41, 5.74) is 3.34. The van der Waals surface area contributed by atoms with E-state index in [-0.39, 0.29) is 23.1 Å². The van der Waals surface area contributed by atoms with Gasteiger partial charge in [-0.2, -0.15) is 13.2 Å². The van der Waals surface area contributed by atoms with Crippen LogP contribution in [0.1, 0.15) is 49.6 Å². The monoisotopic (exact) mass is 574 g/mol. The molecule has 8 nitrogen and oxygen atoms in total. The summed E-state index contributed by atoms with van der Waals surface area (Å²) in [6, 6.07) is 12.3. The van der Waals surface area contributed by atoms with Gasteiger partial charge >= 0.3 is 6.18 Å². The average molecular weight is 575 g/mol. The van der Waals surface area contributed by atoms with Gasteiger partial charge in [-0.25, -0.2) is 0 Å². The van der Waals surface area contributed by atoms with E-state index in [0.717, 1.165) is 29.9 Å². The number of alkyl halides is 3. The van der Waals surface area contributed by atoms with Crippen LogP contribution in [0, 0.1) is 0 Å². The van der Waals surface area contributed by atoms with E-state index in [9.17, 15) is 18.0 Å². The minimum atomic E-state index is -4.58. The lowest BCUT2D eigenvalue weighted by atomic mass is 9.75. The zero-order valence-corrected chi connectivity index (χ0v) is 23.1. The van der Waals surface area contributed by atoms with Gasteiger partial charge in [0.1, 0.15) is 12.2 Å². The number of halogens is 3. The molecule has 0 atom stereocenters. The molecule has 0 aliphatic carbocycles. The highest BCUT2D eigenvalue weighted by Crippen LogP contribution is 2.42. The maximum Gasteiger partial charge on any atom is 0.416 e. The number of fused-ring (bicyclic) bond motifs is 2. The Kier molecular flexibility index (Phi) is 6.39. The van der Waals surface area contributed by atoms with Crippen LogP contribution < -0.4 is 4.90 Å². The SMILES string of the molecule is Cn1cnnc1CC1(c2cccc(N3Cc4c(cc(CN5CCc6ccncc6C5)cc4C(F)(F)F)C3=O)c2)COC1. The zero-order valence-electron chi connectivity index (χ0n) is 23.1. The molecular weight excluding hydrogens is 545 g/mol. The first-order valence-electron chi connectivity index (χ1n) is 13.9. The quantitative estimate of drug-likeness (QED) is 0.339. The van der Waals surface area contributed by atoms with Crippen molar-refractivity contribution in [3.05, 3.63) is 106 Å². The fourth-order valence-corrected chi connectivity index (χ4v) is 6.35. The van der Waals surface area contributed by atoms with Gasteiger partial charge in [-0.05, 0) is 64.6 Å². The van der Waals surface area contributed by atoms with Crippen LogP contribution in [-0.4, -0.2) is 50.3 Å². The zero-order chi connectivity index (χ0) is 29.1. The Hall–Kier alpha value is -4.09. The first-order valence-corrected chi connectivity index (χ1v) is 13.9. The minimum Gasteiger partial charge on any atom is -0.379 e. The second-order valence-electron chi connectivity index (χ2n) is 11.5. The van der Waals surface area contributed by atoms with Gasteiger partial charge in [-0.1, -0.05) is 12.1 Å². The molecule has 2 aromatic carbocycles. The van der Waals surface area contributed by atoms with Crippen molar-refractivity contribution in [3.8, 4) is 0 Å². The van der Waals surface area contributed by atoms with Gasteiger partial charge in [-0.15, -0.1) is 10.2 Å². The molecular formula is C31H29F3N6O2. The van der Waals surface area contributed by atoms with Crippen LogP contribution in [0.5, 0.6) is 0 Å². The third kappa shape index (κ3) is 4.66. The summed E-state index contributed by atoms with van der Waals surface area (Å²) < 4.78 is 50.5. The van der Waals surface area contributed by atoms with Gasteiger partial charge in [0.15, 0.2) is 0 Å². The topological polar surface area (TPSA) is 76.4 Å². The molecule has 42 heavy (non-hydrogen) atoms. The molecule has 0 bridgehead atoms. The number of carbonyl (C=O) groups is 1. The lowest BCUT2D eigenvalue weighted by Gasteiger charge is -2.42. The molecule has 11 heteroatoms. The van der Waals surface area contributed by atoms with Gasteiger partial charge < -0.3 is 14.2 Å². The Morgan fingerprint density at radius 2 is 1.93 bits per heavy atom. The molecule has 1 fully saturated rings. The fraction of sp³-hybridized carbons (Fsp3) is 0.355. The first-order chi connectivity index (χ1) is 20.2. The smallest absolute Gasteiger partial charge is 0.379 e. The molecule has 0 N–H and O–H groups in total. The highest BCUT2D eigenvalue weighted by atomic mass is 19.4. The third-order valence-corrected chi connectivity index (χ3v) is 8.74. The van der Waals surface area contributed by atoms with Crippen molar-refractivity contribution in [2.75, 3.05) is 24.7 Å². The molecule has 0 unspecified atom stereocenters. The highest BCUT2D eigenvalue weighted by Gasteiger charge is 2.43. The van der Waals surface area contributed by atoms with Crippen molar-refractivity contribution in [1.82, 2.24) is 24.6 Å². The number of rotatable bonds is 6. The van der Waals surface area contributed by atoms with Crippen molar-refractivity contribution >= 4 is 11.6 Å². The van der Waals surface area contributed by atoms with Crippen molar-refractivity contribution in [3.63, 3.8) is 0 Å². The van der Waals surface area contributed by atoms with E-state index < -0.39 is 17.6 Å². The summed E-state index contributed by atoms with van der Waals surface area (Å²) in [6.45, 7) is 2.48. The summed E-state index contributed by atoms with van der Waals surface area (Å²) in [4.78, 5) is 21.5. The summed E-state index contributed by atoms with van der Waals surface area (Å²) in [6.07, 6.45) is 2.04. The molecule has 1 saturated heterocycles. The van der Waals surface area contributed by atoms with E-state index >= 15 is 0 Å². The number of aryl methyl sites for hydroxylation is 1. The molecule has 1 amide bonds. The van der Waals surface area contributed by atoms with Crippen molar-refractivity contribution < 1.29 is 22.7 Å². The predicted octanol–water partition coefficient (Wildman–Crippen LogP) is 4.46. The molecule has 2 aromatic heterocycles. The van der Waals surface area contributed by atoms with Crippen LogP contribution in [-0.2, 0) is 55.9 Å². The Balaban J connectivity index is 1.18. The summed E-state index contributed by atoms with van der Waals surface area (Å²) in [7, 11) is 1.88. The van der Waals surface area contributed by atoms with E-state index in [1.807, 2.05) is 42.1 Å². The number of ether oxygens (including phenoxy) is 1. The van der Waals surface area contributed by atoms with E-state index in [4.69, 9.17) is 4.74 Å². The first kappa shape index (κ1) is 26.8. The van der Waals surface area contributed by atoms with Gasteiger partial charge in [0.05, 0.1) is 25.3 Å². The van der Waals surface area contributed by atoms with Crippen molar-refractivity contribution in [2.45, 2.75) is 44.1 Å². The second-order valence-corrected chi connectivity index (χ2v) is 11.5. The molecule has 0 radical (unpaired) electrons. The van der Waals surface area contributed by atoms with E-state index in [2.05, 4.69) is 20.1 Å². The van der Waals surface area contributed by atoms with Gasteiger partial charge in [0, 0.05) is 62.2 Å². The predicted molar refractivity (Wildman–Crippen MR) is 148 cm³/mol. The Labute approximate surface area is 240 Å². The standard InChI is InChI=1S/C31H29F3N6O2/c1-38-19-36-37-28(38)12-30(17-42-18-30)23-3-2-4-24(11-23)40-16-26-25(29(40)41)9-20(10-27(26)31(32,33)34)14-39-8-6-21-5-7-35-13-22(21)15-39/h2-5,7,9-11,13,19H,6,8,12,14-18H2,1H3. The molecule has 0 spiro atoms. The van der Waals surface area contributed by atoms with Crippen molar-refractivity contribution in [1.29, 1.82) is 0 Å².